The molecule has 2 aromatic heterocycles. The predicted molar refractivity (Wildman–Crippen MR) is 131 cm³/mol. The highest BCUT2D eigenvalue weighted by Crippen LogP contribution is 2.31. The van der Waals surface area contributed by atoms with E-state index in [-0.39, 0.29) is 5.91 Å². The number of rotatable bonds is 7. The van der Waals surface area contributed by atoms with Gasteiger partial charge in [-0.15, -0.1) is 11.3 Å². The van der Waals surface area contributed by atoms with Gasteiger partial charge >= 0.3 is 0 Å². The van der Waals surface area contributed by atoms with Crippen LogP contribution in [0.5, 0.6) is 0 Å². The summed E-state index contributed by atoms with van der Waals surface area (Å²) < 4.78 is 0. The Balaban J connectivity index is 1.56. The molecule has 1 fully saturated rings. The molecule has 0 radical (unpaired) electrons. The highest BCUT2D eigenvalue weighted by molar-refractivity contribution is 7.99. The Labute approximate surface area is 196 Å². The van der Waals surface area contributed by atoms with Crippen molar-refractivity contribution in [3.63, 3.8) is 0 Å². The number of nitrogens with zero attached hydrogens (tertiary/aromatic N) is 5. The Morgan fingerprint density at radius 2 is 1.91 bits per heavy atom. The van der Waals surface area contributed by atoms with E-state index in [4.69, 9.17) is 9.97 Å². The summed E-state index contributed by atoms with van der Waals surface area (Å²) in [7, 11) is 2.14. The van der Waals surface area contributed by atoms with Crippen LogP contribution < -0.4 is 15.5 Å². The van der Waals surface area contributed by atoms with E-state index in [1.54, 1.807) is 11.3 Å². The number of aryl methyl sites for hydroxylation is 1. The van der Waals surface area contributed by atoms with Crippen molar-refractivity contribution in [2.45, 2.75) is 30.3 Å². The van der Waals surface area contributed by atoms with Crippen molar-refractivity contribution >= 4 is 51.5 Å². The molecular formula is C22H27N7OS2. The highest BCUT2D eigenvalue weighted by Gasteiger charge is 2.18. The molecule has 1 amide bonds. The standard InChI is InChI=1S/C22H27N7OS2/c1-4-20(30)24-16-5-7-17(8-6-16)32-22-26-18(25-21-23-14-15(2)31-21)13-19(27-22)29-11-9-28(3)10-12-29/h5-8,13-14H,4,9-12H2,1-3H3,(H,24,30)(H,23,25,26,27). The van der Waals surface area contributed by atoms with Crippen LogP contribution in [0.1, 0.15) is 18.2 Å². The molecule has 1 aliphatic rings. The lowest BCUT2D eigenvalue weighted by molar-refractivity contribution is -0.115. The van der Waals surface area contributed by atoms with Crippen LogP contribution in [0.25, 0.3) is 0 Å². The second-order valence-electron chi connectivity index (χ2n) is 7.61. The number of anilines is 4. The molecule has 10 heteroatoms. The van der Waals surface area contributed by atoms with E-state index in [1.165, 1.54) is 11.8 Å². The maximum Gasteiger partial charge on any atom is 0.224 e. The normalized spacial score (nSPS) is 14.4. The van der Waals surface area contributed by atoms with Crippen molar-refractivity contribution < 1.29 is 4.79 Å². The lowest BCUT2D eigenvalue weighted by atomic mass is 10.3. The number of piperazine rings is 1. The molecule has 1 aliphatic heterocycles. The van der Waals surface area contributed by atoms with E-state index in [0.29, 0.717) is 11.6 Å². The van der Waals surface area contributed by atoms with Gasteiger partial charge in [0.15, 0.2) is 10.3 Å². The van der Waals surface area contributed by atoms with Gasteiger partial charge in [0, 0.05) is 60.3 Å². The molecule has 1 aromatic carbocycles. The largest absolute Gasteiger partial charge is 0.354 e. The Hall–Kier alpha value is -2.69. The molecule has 2 N–H and O–H groups in total. The highest BCUT2D eigenvalue weighted by atomic mass is 32.2. The van der Waals surface area contributed by atoms with E-state index in [0.717, 1.165) is 58.4 Å². The molecule has 0 unspecified atom stereocenters. The molecule has 0 spiro atoms. The smallest absolute Gasteiger partial charge is 0.224 e. The van der Waals surface area contributed by atoms with Gasteiger partial charge in [-0.25, -0.2) is 15.0 Å². The van der Waals surface area contributed by atoms with Crippen molar-refractivity contribution in [1.29, 1.82) is 0 Å². The lowest BCUT2D eigenvalue weighted by Gasteiger charge is -2.33. The third-order valence-corrected chi connectivity index (χ3v) is 6.75. The minimum absolute atomic E-state index is 0.00162. The Morgan fingerprint density at radius 1 is 1.16 bits per heavy atom. The summed E-state index contributed by atoms with van der Waals surface area (Å²) in [6, 6.07) is 9.74. The second-order valence-corrected chi connectivity index (χ2v) is 9.89. The number of thiazole rings is 1. The predicted octanol–water partition coefficient (Wildman–Crippen LogP) is 4.24. The summed E-state index contributed by atoms with van der Waals surface area (Å²) >= 11 is 3.10. The van der Waals surface area contributed by atoms with Gasteiger partial charge in [0.1, 0.15) is 11.6 Å². The Kier molecular flexibility index (Phi) is 7.23. The van der Waals surface area contributed by atoms with Gasteiger partial charge in [-0.05, 0) is 50.0 Å². The van der Waals surface area contributed by atoms with E-state index in [9.17, 15) is 4.79 Å². The lowest BCUT2D eigenvalue weighted by Crippen LogP contribution is -2.44. The number of hydrogen-bond donors (Lipinski definition) is 2. The number of hydrogen-bond acceptors (Lipinski definition) is 9. The third kappa shape index (κ3) is 5.96. The fraction of sp³-hybridized carbons (Fsp3) is 0.364. The molecule has 32 heavy (non-hydrogen) atoms. The van der Waals surface area contributed by atoms with Crippen molar-refractivity contribution in [2.24, 2.45) is 0 Å². The minimum atomic E-state index is 0.00162. The topological polar surface area (TPSA) is 86.3 Å². The molecule has 168 valence electrons. The van der Waals surface area contributed by atoms with Crippen LogP contribution in [0.3, 0.4) is 0 Å². The van der Waals surface area contributed by atoms with Crippen molar-refractivity contribution in [3.8, 4) is 0 Å². The zero-order chi connectivity index (χ0) is 22.5. The molecule has 0 atom stereocenters. The summed E-state index contributed by atoms with van der Waals surface area (Å²) in [5.41, 5.74) is 0.787. The summed E-state index contributed by atoms with van der Waals surface area (Å²) in [6.07, 6.45) is 2.31. The molecule has 4 rings (SSSR count). The molecular weight excluding hydrogens is 442 g/mol. The van der Waals surface area contributed by atoms with Crippen LogP contribution in [-0.2, 0) is 4.79 Å². The minimum Gasteiger partial charge on any atom is -0.354 e. The fourth-order valence-corrected chi connectivity index (χ4v) is 4.64. The SMILES string of the molecule is CCC(=O)Nc1ccc(Sc2nc(Nc3ncc(C)s3)cc(N3CCN(C)CC3)n2)cc1. The molecule has 1 saturated heterocycles. The zero-order valence-corrected chi connectivity index (χ0v) is 20.1. The maximum absolute atomic E-state index is 11.6. The maximum atomic E-state index is 11.6. The number of carbonyl (C=O) groups is 1. The van der Waals surface area contributed by atoms with Gasteiger partial charge in [-0.1, -0.05) is 6.92 Å². The van der Waals surface area contributed by atoms with Gasteiger partial charge in [0.05, 0.1) is 0 Å². The van der Waals surface area contributed by atoms with Crippen LogP contribution >= 0.6 is 23.1 Å². The molecule has 0 saturated carbocycles. The number of aromatic nitrogens is 3. The van der Waals surface area contributed by atoms with Crippen molar-refractivity contribution in [2.75, 3.05) is 48.8 Å². The molecule has 3 aromatic rings. The fourth-order valence-electron chi connectivity index (χ4n) is 3.20. The Bertz CT molecular complexity index is 1060. The van der Waals surface area contributed by atoms with Crippen molar-refractivity contribution in [1.82, 2.24) is 19.9 Å². The van der Waals surface area contributed by atoms with Gasteiger partial charge in [0.25, 0.3) is 0 Å². The van der Waals surface area contributed by atoms with Gasteiger partial charge < -0.3 is 20.4 Å². The number of likely N-dealkylation sites (N-methyl/N-ethyl adjacent to an activating group) is 1. The van der Waals surface area contributed by atoms with Crippen LogP contribution in [0.4, 0.5) is 22.5 Å². The van der Waals surface area contributed by atoms with Crippen LogP contribution in [-0.4, -0.2) is 59.0 Å². The first-order valence-corrected chi connectivity index (χ1v) is 12.2. The second kappa shape index (κ2) is 10.3. The first-order valence-electron chi connectivity index (χ1n) is 10.6. The first kappa shape index (κ1) is 22.5. The van der Waals surface area contributed by atoms with Crippen molar-refractivity contribution in [3.05, 3.63) is 41.4 Å². The number of amides is 1. The number of carbonyl (C=O) groups excluding carboxylic acids is 1. The summed E-state index contributed by atoms with van der Waals surface area (Å²) in [4.78, 5) is 32.3. The number of benzene rings is 1. The molecule has 8 nitrogen and oxygen atoms in total. The average molecular weight is 470 g/mol. The van der Waals surface area contributed by atoms with E-state index >= 15 is 0 Å². The van der Waals surface area contributed by atoms with E-state index < -0.39 is 0 Å². The van der Waals surface area contributed by atoms with Crippen LogP contribution in [0, 0.1) is 6.92 Å². The monoisotopic (exact) mass is 469 g/mol. The zero-order valence-electron chi connectivity index (χ0n) is 18.5. The van der Waals surface area contributed by atoms with Gasteiger partial charge in [-0.2, -0.15) is 0 Å². The summed E-state index contributed by atoms with van der Waals surface area (Å²) in [5, 5.41) is 7.69. The molecule has 3 heterocycles. The first-order chi connectivity index (χ1) is 15.5. The number of nitrogens with one attached hydrogen (secondary N) is 2. The molecule has 0 aliphatic carbocycles. The average Bonchev–Trinajstić information content (AvgIpc) is 3.19. The third-order valence-electron chi connectivity index (χ3n) is 5.04. The van der Waals surface area contributed by atoms with Crippen LogP contribution in [0.15, 0.2) is 46.6 Å². The molecule has 0 bridgehead atoms. The van der Waals surface area contributed by atoms with Gasteiger partial charge in [-0.3, -0.25) is 4.79 Å². The summed E-state index contributed by atoms with van der Waals surface area (Å²) in [6.45, 7) is 7.74. The Morgan fingerprint density at radius 3 is 2.56 bits per heavy atom. The summed E-state index contributed by atoms with van der Waals surface area (Å²) in [5.74, 6) is 1.65. The van der Waals surface area contributed by atoms with Gasteiger partial charge in [0.2, 0.25) is 5.91 Å². The van der Waals surface area contributed by atoms with E-state index in [1.807, 2.05) is 50.4 Å². The van der Waals surface area contributed by atoms with E-state index in [2.05, 4.69) is 32.5 Å². The van der Waals surface area contributed by atoms with Crippen LogP contribution in [0.2, 0.25) is 0 Å². The quantitative estimate of drug-likeness (QED) is 0.497.